The molecule has 0 fully saturated rings. The van der Waals surface area contributed by atoms with Crippen molar-refractivity contribution in [1.29, 1.82) is 0 Å². The lowest BCUT2D eigenvalue weighted by molar-refractivity contribution is 1.88. The van der Waals surface area contributed by atoms with Crippen molar-refractivity contribution in [2.45, 2.75) is 0 Å². The van der Waals surface area contributed by atoms with Crippen LogP contribution in [0.15, 0.2) is 146 Å². The van der Waals surface area contributed by atoms with Crippen molar-refractivity contribution < 1.29 is 0 Å². The van der Waals surface area contributed by atoms with E-state index in [0.29, 0.717) is 0 Å². The van der Waals surface area contributed by atoms with Crippen molar-refractivity contribution in [3.8, 4) is 117 Å². The van der Waals surface area contributed by atoms with Gasteiger partial charge in [-0.05, 0) is 146 Å². The molecule has 0 aliphatic carbocycles. The van der Waals surface area contributed by atoms with E-state index in [9.17, 15) is 0 Å². The fraction of sp³-hybridized carbons (Fsp3) is 0. The van der Waals surface area contributed by atoms with E-state index in [1.54, 1.807) is 0 Å². The van der Waals surface area contributed by atoms with Gasteiger partial charge in [-0.15, -0.1) is 136 Å². The highest BCUT2D eigenvalue weighted by Crippen LogP contribution is 2.50. The molecule has 0 saturated carbocycles. The lowest BCUT2D eigenvalue weighted by Gasteiger charge is -1.94. The maximum absolute atomic E-state index is 2.30. The molecule has 0 N–H and O–H groups in total. The second kappa shape index (κ2) is 15.0. The summed E-state index contributed by atoms with van der Waals surface area (Å²) in [5.74, 6) is 0. The van der Waals surface area contributed by atoms with Crippen molar-refractivity contribution in [3.05, 3.63) is 146 Å². The topological polar surface area (TPSA) is 0 Å². The van der Waals surface area contributed by atoms with Crippen LogP contribution >= 0.6 is 136 Å². The molecule has 0 nitrogen and oxygen atoms in total. The molecule has 13 rings (SSSR count). The first-order chi connectivity index (χ1) is 29.6. The molecule has 1 aliphatic heterocycles. The van der Waals surface area contributed by atoms with Gasteiger partial charge in [-0.2, -0.15) is 0 Å². The largest absolute Gasteiger partial charge is 0.134 e. The molecule has 12 aromatic rings. The van der Waals surface area contributed by atoms with Gasteiger partial charge in [-0.1, -0.05) is 0 Å². The summed E-state index contributed by atoms with van der Waals surface area (Å²) in [6.07, 6.45) is 0. The monoisotopic (exact) mass is 984 g/mol. The number of thiophene rings is 12. The molecule has 288 valence electrons. The van der Waals surface area contributed by atoms with E-state index >= 15 is 0 Å². The van der Waals surface area contributed by atoms with Gasteiger partial charge in [0, 0.05) is 117 Å². The molecule has 0 amide bonds. The van der Waals surface area contributed by atoms with Gasteiger partial charge in [0.15, 0.2) is 0 Å². The van der Waals surface area contributed by atoms with E-state index in [1.807, 2.05) is 136 Å². The summed E-state index contributed by atoms with van der Waals surface area (Å²) in [7, 11) is 0. The van der Waals surface area contributed by atoms with E-state index < -0.39 is 0 Å². The minimum atomic E-state index is 1.33. The number of fused-ring (bicyclic) bond motifs is 36. The Bertz CT molecular complexity index is 2450. The zero-order valence-electron chi connectivity index (χ0n) is 30.8. The SMILES string of the molecule is c1cc2sc1-c1ccc(s1)-c1ccc(s1)-c1ccc(s1)-c1ccc(s1)-c1ccc(s1)-c1ccc(s1)-c1ccc(s1)-c1ccc(s1)-c1ccc(s1)-c1ccc(s1)-c1ccc-2s1. The van der Waals surface area contributed by atoms with E-state index in [-0.39, 0.29) is 0 Å². The molecule has 12 aromatic heterocycles. The van der Waals surface area contributed by atoms with Crippen LogP contribution in [0.25, 0.3) is 117 Å². The van der Waals surface area contributed by atoms with Crippen LogP contribution in [0.4, 0.5) is 0 Å². The molecule has 12 heteroatoms. The van der Waals surface area contributed by atoms with Crippen LogP contribution in [-0.2, 0) is 0 Å². The van der Waals surface area contributed by atoms with Crippen LogP contribution in [0.3, 0.4) is 0 Å². The molecule has 0 spiro atoms. The molecule has 0 radical (unpaired) electrons. The maximum atomic E-state index is 2.30. The van der Waals surface area contributed by atoms with E-state index in [4.69, 9.17) is 0 Å². The normalized spacial score (nSPS) is 12.0. The number of hydrogen-bond donors (Lipinski definition) is 0. The first-order valence-corrected chi connectivity index (χ1v) is 28.6. The molecule has 0 atom stereocenters. The Morgan fingerprint density at radius 2 is 0.150 bits per heavy atom. The third-order valence-corrected chi connectivity index (χ3v) is 25.6. The highest BCUT2D eigenvalue weighted by atomic mass is 32.1. The van der Waals surface area contributed by atoms with Gasteiger partial charge in [0.2, 0.25) is 0 Å². The van der Waals surface area contributed by atoms with Gasteiger partial charge in [0.1, 0.15) is 0 Å². The molecule has 13 heterocycles. The number of hydrogen-bond acceptors (Lipinski definition) is 12. The summed E-state index contributed by atoms with van der Waals surface area (Å²) < 4.78 is 0. The van der Waals surface area contributed by atoms with Crippen molar-refractivity contribution in [2.75, 3.05) is 0 Å². The van der Waals surface area contributed by atoms with E-state index in [2.05, 4.69) is 146 Å². The van der Waals surface area contributed by atoms with Crippen LogP contribution in [0.1, 0.15) is 0 Å². The summed E-state index contributed by atoms with van der Waals surface area (Å²) in [6.45, 7) is 0. The quantitative estimate of drug-likeness (QED) is 0.142. The molecule has 0 unspecified atom stereocenters. The van der Waals surface area contributed by atoms with Crippen LogP contribution in [-0.4, -0.2) is 0 Å². The van der Waals surface area contributed by atoms with Gasteiger partial charge in [-0.3, -0.25) is 0 Å². The van der Waals surface area contributed by atoms with Crippen LogP contribution in [0.2, 0.25) is 0 Å². The fourth-order valence-electron chi connectivity index (χ4n) is 7.23. The lowest BCUT2D eigenvalue weighted by atomic mass is 10.3. The Kier molecular flexibility index (Phi) is 9.28. The lowest BCUT2D eigenvalue weighted by Crippen LogP contribution is -1.59. The fourth-order valence-corrected chi connectivity index (χ4v) is 20.4. The Morgan fingerprint density at radius 3 is 0.200 bits per heavy atom. The average molecular weight is 986 g/mol. The highest BCUT2D eigenvalue weighted by molar-refractivity contribution is 7.33. The summed E-state index contributed by atoms with van der Waals surface area (Å²) >= 11 is 22.8. The summed E-state index contributed by atoms with van der Waals surface area (Å²) in [5, 5.41) is 0. The van der Waals surface area contributed by atoms with Crippen LogP contribution < -0.4 is 0 Å². The van der Waals surface area contributed by atoms with Crippen LogP contribution in [0, 0.1) is 0 Å². The minimum absolute atomic E-state index is 1.33. The van der Waals surface area contributed by atoms with E-state index in [0.717, 1.165) is 0 Å². The third kappa shape index (κ3) is 6.68. The highest BCUT2D eigenvalue weighted by Gasteiger charge is 2.18. The molecule has 1 aliphatic rings. The second-order valence-corrected chi connectivity index (χ2v) is 27.0. The molecule has 0 aromatic carbocycles. The Hall–Kier alpha value is -3.60. The standard InChI is InChI=1S/C48H24S12/c1-2-26-28-5-6-31(51-28)32-9-10-35(53-32)36-13-14-39(55-36)40-17-18-43(57-40)44-21-22-47(59-44)48-24-23-46(60-48)45-20-19-42(58-45)41-16-15-38(56-41)37-12-11-34(54-37)33-8-7-30(52-33)29-4-3-27(50-29)25(1)49-26/h1-24H. The predicted octanol–water partition coefficient (Wildman–Crippen LogP) is 20.7. The first-order valence-electron chi connectivity index (χ1n) is 18.8. The minimum Gasteiger partial charge on any atom is -0.134 e. The van der Waals surface area contributed by atoms with Crippen molar-refractivity contribution >= 4 is 136 Å². The summed E-state index contributed by atoms with van der Waals surface area (Å²) in [4.78, 5) is 32.0. The average Bonchev–Trinajstić information content (AvgIpc) is 4.11. The summed E-state index contributed by atoms with van der Waals surface area (Å²) in [5.41, 5.74) is 0. The van der Waals surface area contributed by atoms with Gasteiger partial charge in [0.25, 0.3) is 0 Å². The Morgan fingerprint density at radius 1 is 0.100 bits per heavy atom. The zero-order valence-corrected chi connectivity index (χ0v) is 40.6. The van der Waals surface area contributed by atoms with Crippen LogP contribution in [0.5, 0.6) is 0 Å². The molecular weight excluding hydrogens is 961 g/mol. The Labute approximate surface area is 394 Å². The smallest absolute Gasteiger partial charge is 0.0449 e. The van der Waals surface area contributed by atoms with Gasteiger partial charge in [0.05, 0.1) is 0 Å². The third-order valence-electron chi connectivity index (χ3n) is 10.2. The van der Waals surface area contributed by atoms with Crippen molar-refractivity contribution in [2.24, 2.45) is 0 Å². The first kappa shape index (κ1) is 37.0. The molecule has 24 bridgehead atoms. The van der Waals surface area contributed by atoms with Crippen molar-refractivity contribution in [3.63, 3.8) is 0 Å². The van der Waals surface area contributed by atoms with Crippen molar-refractivity contribution in [1.82, 2.24) is 0 Å². The van der Waals surface area contributed by atoms with Gasteiger partial charge in [-0.25, -0.2) is 0 Å². The van der Waals surface area contributed by atoms with E-state index in [1.165, 1.54) is 117 Å². The molecule has 0 saturated heterocycles. The van der Waals surface area contributed by atoms with Gasteiger partial charge < -0.3 is 0 Å². The van der Waals surface area contributed by atoms with Gasteiger partial charge >= 0.3 is 0 Å². The summed E-state index contributed by atoms with van der Waals surface area (Å²) in [6, 6.07) is 55.2. The zero-order chi connectivity index (χ0) is 39.3. The maximum Gasteiger partial charge on any atom is 0.0449 e. The Balaban J connectivity index is 0.852. The second-order valence-electron chi connectivity index (χ2n) is 14.0. The number of rotatable bonds is 0. The predicted molar refractivity (Wildman–Crippen MR) is 280 cm³/mol. The molecular formula is C48H24S12. The molecule has 60 heavy (non-hydrogen) atoms.